The molecular formula is C16H25FN2. The van der Waals surface area contributed by atoms with Gasteiger partial charge in [0.2, 0.25) is 0 Å². The first-order valence-electron chi connectivity index (χ1n) is 7.44. The zero-order valence-electron chi connectivity index (χ0n) is 11.8. The molecule has 1 aromatic carbocycles. The van der Waals surface area contributed by atoms with E-state index in [1.165, 1.54) is 31.7 Å². The Morgan fingerprint density at radius 2 is 2.21 bits per heavy atom. The van der Waals surface area contributed by atoms with Gasteiger partial charge in [-0.05, 0) is 56.0 Å². The third-order valence-electron chi connectivity index (χ3n) is 4.36. The predicted molar refractivity (Wildman–Crippen MR) is 77.4 cm³/mol. The fourth-order valence-corrected chi connectivity index (χ4v) is 3.12. The monoisotopic (exact) mass is 264 g/mol. The fraction of sp³-hybridized carbons (Fsp3) is 0.625. The van der Waals surface area contributed by atoms with Gasteiger partial charge < -0.3 is 5.73 Å². The van der Waals surface area contributed by atoms with Gasteiger partial charge in [0.25, 0.3) is 0 Å². The minimum Gasteiger partial charge on any atom is -0.329 e. The summed E-state index contributed by atoms with van der Waals surface area (Å²) in [6.07, 6.45) is 5.04. The maximum Gasteiger partial charge on any atom is 0.123 e. The topological polar surface area (TPSA) is 29.3 Å². The number of nitrogens with two attached hydrogens (primary N) is 1. The van der Waals surface area contributed by atoms with E-state index >= 15 is 0 Å². The van der Waals surface area contributed by atoms with Crippen LogP contribution < -0.4 is 5.73 Å². The SMILES string of the molecule is CCC1CCCN(C(CN)c2cccc(F)c2)CC1. The lowest BCUT2D eigenvalue weighted by Gasteiger charge is -2.30. The van der Waals surface area contributed by atoms with Crippen LogP contribution in [-0.2, 0) is 0 Å². The van der Waals surface area contributed by atoms with Crippen LogP contribution in [-0.4, -0.2) is 24.5 Å². The van der Waals surface area contributed by atoms with Crippen LogP contribution in [0.1, 0.15) is 44.2 Å². The van der Waals surface area contributed by atoms with E-state index < -0.39 is 0 Å². The molecule has 2 atom stereocenters. The van der Waals surface area contributed by atoms with Crippen molar-refractivity contribution in [3.63, 3.8) is 0 Å². The highest BCUT2D eigenvalue weighted by atomic mass is 19.1. The third kappa shape index (κ3) is 3.77. The van der Waals surface area contributed by atoms with E-state index in [0.717, 1.165) is 24.6 Å². The summed E-state index contributed by atoms with van der Waals surface area (Å²) in [5.41, 5.74) is 6.95. The molecule has 1 aliphatic rings. The lowest BCUT2D eigenvalue weighted by atomic mass is 9.98. The second-order valence-electron chi connectivity index (χ2n) is 5.55. The summed E-state index contributed by atoms with van der Waals surface area (Å²) in [5.74, 6) is 0.674. The molecule has 106 valence electrons. The van der Waals surface area contributed by atoms with Gasteiger partial charge in [0.15, 0.2) is 0 Å². The van der Waals surface area contributed by atoms with Crippen molar-refractivity contribution in [1.29, 1.82) is 0 Å². The molecule has 0 spiro atoms. The van der Waals surface area contributed by atoms with Crippen LogP contribution in [0.15, 0.2) is 24.3 Å². The van der Waals surface area contributed by atoms with Gasteiger partial charge in [-0.3, -0.25) is 4.90 Å². The molecule has 0 aromatic heterocycles. The minimum absolute atomic E-state index is 0.159. The molecular weight excluding hydrogens is 239 g/mol. The van der Waals surface area contributed by atoms with Gasteiger partial charge in [0.1, 0.15) is 5.82 Å². The van der Waals surface area contributed by atoms with Crippen molar-refractivity contribution >= 4 is 0 Å². The average molecular weight is 264 g/mol. The van der Waals surface area contributed by atoms with E-state index in [2.05, 4.69) is 11.8 Å². The Morgan fingerprint density at radius 1 is 1.37 bits per heavy atom. The number of halogens is 1. The molecule has 1 aliphatic heterocycles. The maximum absolute atomic E-state index is 13.4. The molecule has 1 heterocycles. The number of benzene rings is 1. The first-order valence-corrected chi connectivity index (χ1v) is 7.44. The molecule has 0 bridgehead atoms. The molecule has 0 amide bonds. The standard InChI is InChI=1S/C16H25FN2/c1-2-13-5-4-9-19(10-8-13)16(12-18)14-6-3-7-15(17)11-14/h3,6-7,11,13,16H,2,4-5,8-10,12,18H2,1H3. The van der Waals surface area contributed by atoms with Crippen LogP contribution in [0, 0.1) is 11.7 Å². The number of nitrogens with zero attached hydrogens (tertiary/aromatic N) is 1. The highest BCUT2D eigenvalue weighted by molar-refractivity contribution is 5.20. The zero-order valence-corrected chi connectivity index (χ0v) is 11.8. The van der Waals surface area contributed by atoms with E-state index in [4.69, 9.17) is 5.73 Å². The molecule has 2 rings (SSSR count). The van der Waals surface area contributed by atoms with Crippen molar-refractivity contribution in [3.05, 3.63) is 35.6 Å². The van der Waals surface area contributed by atoms with Gasteiger partial charge in [-0.1, -0.05) is 25.5 Å². The molecule has 0 saturated carbocycles. The molecule has 3 heteroatoms. The van der Waals surface area contributed by atoms with E-state index in [1.54, 1.807) is 12.1 Å². The fourth-order valence-electron chi connectivity index (χ4n) is 3.12. The number of hydrogen-bond donors (Lipinski definition) is 1. The minimum atomic E-state index is -0.169. The molecule has 1 saturated heterocycles. The number of rotatable bonds is 4. The largest absolute Gasteiger partial charge is 0.329 e. The smallest absolute Gasteiger partial charge is 0.123 e. The van der Waals surface area contributed by atoms with Crippen LogP contribution in [0.4, 0.5) is 4.39 Å². The Bertz CT molecular complexity index is 394. The zero-order chi connectivity index (χ0) is 13.7. The Kier molecular flexibility index (Phi) is 5.34. The molecule has 19 heavy (non-hydrogen) atoms. The summed E-state index contributed by atoms with van der Waals surface area (Å²) in [4.78, 5) is 2.43. The summed E-state index contributed by atoms with van der Waals surface area (Å²) in [6, 6.07) is 7.04. The molecule has 0 radical (unpaired) electrons. The van der Waals surface area contributed by atoms with E-state index in [0.29, 0.717) is 6.54 Å². The highest BCUT2D eigenvalue weighted by Gasteiger charge is 2.23. The van der Waals surface area contributed by atoms with E-state index in [9.17, 15) is 4.39 Å². The Balaban J connectivity index is 2.09. The molecule has 2 N–H and O–H groups in total. The van der Waals surface area contributed by atoms with Crippen LogP contribution in [0.25, 0.3) is 0 Å². The van der Waals surface area contributed by atoms with Gasteiger partial charge in [0.05, 0.1) is 0 Å². The first kappa shape index (κ1) is 14.5. The quantitative estimate of drug-likeness (QED) is 0.903. The van der Waals surface area contributed by atoms with Gasteiger partial charge in [-0.15, -0.1) is 0 Å². The van der Waals surface area contributed by atoms with Gasteiger partial charge in [-0.2, -0.15) is 0 Å². The van der Waals surface area contributed by atoms with Crippen molar-refractivity contribution in [3.8, 4) is 0 Å². The Morgan fingerprint density at radius 3 is 2.89 bits per heavy atom. The van der Waals surface area contributed by atoms with E-state index in [1.807, 2.05) is 6.07 Å². The number of likely N-dealkylation sites (tertiary alicyclic amines) is 1. The molecule has 2 nitrogen and oxygen atoms in total. The molecule has 2 unspecified atom stereocenters. The predicted octanol–water partition coefficient (Wildman–Crippen LogP) is 3.34. The normalized spacial score (nSPS) is 23.0. The lowest BCUT2D eigenvalue weighted by molar-refractivity contribution is 0.206. The maximum atomic E-state index is 13.4. The highest BCUT2D eigenvalue weighted by Crippen LogP contribution is 2.27. The summed E-state index contributed by atoms with van der Waals surface area (Å²) in [6.45, 7) is 4.99. The summed E-state index contributed by atoms with van der Waals surface area (Å²) in [5, 5.41) is 0. The van der Waals surface area contributed by atoms with Gasteiger partial charge in [0, 0.05) is 12.6 Å². The summed E-state index contributed by atoms with van der Waals surface area (Å²) in [7, 11) is 0. The van der Waals surface area contributed by atoms with Gasteiger partial charge >= 0.3 is 0 Å². The van der Waals surface area contributed by atoms with Crippen LogP contribution in [0.2, 0.25) is 0 Å². The van der Waals surface area contributed by atoms with Gasteiger partial charge in [-0.25, -0.2) is 4.39 Å². The van der Waals surface area contributed by atoms with Crippen LogP contribution in [0.5, 0.6) is 0 Å². The van der Waals surface area contributed by atoms with Crippen LogP contribution in [0.3, 0.4) is 0 Å². The summed E-state index contributed by atoms with van der Waals surface area (Å²) < 4.78 is 13.4. The molecule has 0 aliphatic carbocycles. The van der Waals surface area contributed by atoms with Crippen molar-refractivity contribution in [1.82, 2.24) is 4.90 Å². The van der Waals surface area contributed by atoms with Crippen molar-refractivity contribution in [2.24, 2.45) is 11.7 Å². The number of hydrogen-bond acceptors (Lipinski definition) is 2. The van der Waals surface area contributed by atoms with E-state index in [-0.39, 0.29) is 11.9 Å². The molecule has 1 fully saturated rings. The second-order valence-corrected chi connectivity index (χ2v) is 5.55. The van der Waals surface area contributed by atoms with Crippen LogP contribution >= 0.6 is 0 Å². The summed E-state index contributed by atoms with van der Waals surface area (Å²) >= 11 is 0. The molecule has 1 aromatic rings. The Hall–Kier alpha value is -0.930. The van der Waals surface area contributed by atoms with Crippen molar-refractivity contribution < 1.29 is 4.39 Å². The third-order valence-corrected chi connectivity index (χ3v) is 4.36. The average Bonchev–Trinajstić information content (AvgIpc) is 2.65. The second kappa shape index (κ2) is 7.01. The Labute approximate surface area is 115 Å². The first-order chi connectivity index (χ1) is 9.24. The lowest BCUT2D eigenvalue weighted by Crippen LogP contribution is -2.34. The van der Waals surface area contributed by atoms with Crippen molar-refractivity contribution in [2.75, 3.05) is 19.6 Å². The van der Waals surface area contributed by atoms with Crippen molar-refractivity contribution in [2.45, 2.75) is 38.6 Å².